The van der Waals surface area contributed by atoms with Crippen molar-refractivity contribution < 1.29 is 23.8 Å². The van der Waals surface area contributed by atoms with Gasteiger partial charge < -0.3 is 24.0 Å². The number of esters is 1. The highest BCUT2D eigenvalue weighted by Gasteiger charge is 2.37. The maximum Gasteiger partial charge on any atom is 0.312 e. The first-order valence-corrected chi connectivity index (χ1v) is 10.8. The molecule has 1 atom stereocenters. The quantitative estimate of drug-likeness (QED) is 0.565. The van der Waals surface area contributed by atoms with Crippen LogP contribution in [0.2, 0.25) is 0 Å². The van der Waals surface area contributed by atoms with Gasteiger partial charge in [0.1, 0.15) is 5.75 Å². The second-order valence-electron chi connectivity index (χ2n) is 8.34. The van der Waals surface area contributed by atoms with Gasteiger partial charge in [-0.2, -0.15) is 0 Å². The normalized spacial score (nSPS) is 20.8. The lowest BCUT2D eigenvalue weighted by Crippen LogP contribution is -2.51. The average Bonchev–Trinajstić information content (AvgIpc) is 3.55. The number of carbonyl (C=O) groups excluding carboxylic acids is 2. The molecule has 1 unspecified atom stereocenters. The summed E-state index contributed by atoms with van der Waals surface area (Å²) in [5.41, 5.74) is 0.622. The second-order valence-corrected chi connectivity index (χ2v) is 8.34. The summed E-state index contributed by atoms with van der Waals surface area (Å²) in [5.74, 6) is 1.80. The van der Waals surface area contributed by atoms with E-state index >= 15 is 0 Å². The number of aromatic nitrogens is 3. The number of anilines is 2. The van der Waals surface area contributed by atoms with Gasteiger partial charge in [-0.05, 0) is 24.8 Å². The van der Waals surface area contributed by atoms with E-state index in [-0.39, 0.29) is 17.8 Å². The first kappa shape index (κ1) is 20.5. The van der Waals surface area contributed by atoms with Crippen molar-refractivity contribution in [3.8, 4) is 11.6 Å². The Labute approximate surface area is 185 Å². The minimum Gasteiger partial charge on any atom is -0.479 e. The minimum absolute atomic E-state index is 0.134. The van der Waals surface area contributed by atoms with E-state index in [9.17, 15) is 9.59 Å². The Morgan fingerprint density at radius 2 is 1.88 bits per heavy atom. The van der Waals surface area contributed by atoms with Gasteiger partial charge in [0.25, 0.3) is 5.91 Å². The predicted octanol–water partition coefficient (Wildman–Crippen LogP) is 1.45. The van der Waals surface area contributed by atoms with Crippen molar-refractivity contribution >= 4 is 23.5 Å². The molecular weight excluding hydrogens is 414 g/mol. The van der Waals surface area contributed by atoms with E-state index in [1.54, 1.807) is 35.6 Å². The molecule has 10 heteroatoms. The lowest BCUT2D eigenvalue weighted by molar-refractivity contribution is -0.146. The summed E-state index contributed by atoms with van der Waals surface area (Å²) in [6.07, 6.45) is 7.28. The third-order valence-corrected chi connectivity index (χ3v) is 5.94. The number of carbonyl (C=O) groups is 2. The summed E-state index contributed by atoms with van der Waals surface area (Å²) in [4.78, 5) is 40.8. The number of ether oxygens (including phenoxy) is 3. The first-order chi connectivity index (χ1) is 15.6. The summed E-state index contributed by atoms with van der Waals surface area (Å²) in [7, 11) is 1.39. The molecular formula is C22H25N5O5. The molecule has 2 saturated heterocycles. The largest absolute Gasteiger partial charge is 0.479 e. The van der Waals surface area contributed by atoms with Crippen LogP contribution in [0.4, 0.5) is 11.6 Å². The van der Waals surface area contributed by atoms with Gasteiger partial charge in [0.05, 0.1) is 43.9 Å². The number of pyridine rings is 1. The molecule has 2 aromatic rings. The van der Waals surface area contributed by atoms with E-state index in [1.165, 1.54) is 20.0 Å². The van der Waals surface area contributed by atoms with Crippen molar-refractivity contribution in [3.05, 3.63) is 30.7 Å². The van der Waals surface area contributed by atoms with Crippen molar-refractivity contribution in [2.75, 3.05) is 43.2 Å². The topological polar surface area (TPSA) is 107 Å². The number of rotatable bonds is 8. The third-order valence-electron chi connectivity index (χ3n) is 5.94. The smallest absolute Gasteiger partial charge is 0.312 e. The zero-order valence-electron chi connectivity index (χ0n) is 17.8. The van der Waals surface area contributed by atoms with Crippen LogP contribution in [0.5, 0.6) is 11.6 Å². The molecule has 1 amide bonds. The van der Waals surface area contributed by atoms with Crippen LogP contribution in [0.1, 0.15) is 19.3 Å². The van der Waals surface area contributed by atoms with Crippen LogP contribution in [0.25, 0.3) is 0 Å². The average molecular weight is 439 g/mol. The number of nitrogens with zero attached hydrogens (tertiary/aromatic N) is 5. The van der Waals surface area contributed by atoms with Crippen LogP contribution in [0.15, 0.2) is 30.7 Å². The van der Waals surface area contributed by atoms with Gasteiger partial charge in [0, 0.05) is 32.1 Å². The molecule has 32 heavy (non-hydrogen) atoms. The Kier molecular flexibility index (Phi) is 5.50. The van der Waals surface area contributed by atoms with Gasteiger partial charge >= 0.3 is 5.97 Å². The maximum atomic E-state index is 12.8. The predicted molar refractivity (Wildman–Crippen MR) is 114 cm³/mol. The Morgan fingerprint density at radius 1 is 1.09 bits per heavy atom. The highest BCUT2D eigenvalue weighted by Crippen LogP contribution is 2.30. The van der Waals surface area contributed by atoms with Crippen LogP contribution in [0.3, 0.4) is 0 Å². The molecule has 1 aliphatic carbocycles. The van der Waals surface area contributed by atoms with Crippen molar-refractivity contribution in [2.45, 2.75) is 25.4 Å². The van der Waals surface area contributed by atoms with Gasteiger partial charge in [0.15, 0.2) is 6.10 Å². The maximum absolute atomic E-state index is 12.8. The van der Waals surface area contributed by atoms with Crippen molar-refractivity contribution in [3.63, 3.8) is 0 Å². The monoisotopic (exact) mass is 439 g/mol. The molecule has 3 fully saturated rings. The van der Waals surface area contributed by atoms with Crippen LogP contribution in [-0.2, 0) is 14.3 Å². The molecule has 5 rings (SSSR count). The van der Waals surface area contributed by atoms with Crippen LogP contribution in [-0.4, -0.2) is 66.3 Å². The SMILES string of the molecule is COC(=O)C1CN(c2ncc(N3CCC(Oc4ccc(OCC5CC5)nc4)C3=O)cn2)C1. The zero-order chi connectivity index (χ0) is 22.1. The van der Waals surface area contributed by atoms with Crippen LogP contribution >= 0.6 is 0 Å². The van der Waals surface area contributed by atoms with Gasteiger partial charge in [-0.3, -0.25) is 9.59 Å². The summed E-state index contributed by atoms with van der Waals surface area (Å²) in [6, 6.07) is 3.54. The molecule has 10 nitrogen and oxygen atoms in total. The Hall–Kier alpha value is -3.43. The molecule has 0 bridgehead atoms. The van der Waals surface area contributed by atoms with Gasteiger partial charge in [0.2, 0.25) is 11.8 Å². The third kappa shape index (κ3) is 4.30. The Balaban J connectivity index is 1.14. The second kappa shape index (κ2) is 8.60. The number of amides is 1. The van der Waals surface area contributed by atoms with E-state index in [0.717, 1.165) is 0 Å². The molecule has 0 radical (unpaired) electrons. The fourth-order valence-corrected chi connectivity index (χ4v) is 3.77. The van der Waals surface area contributed by atoms with Crippen LogP contribution < -0.4 is 19.3 Å². The fraction of sp³-hybridized carbons (Fsp3) is 0.500. The van der Waals surface area contributed by atoms with E-state index in [2.05, 4.69) is 15.0 Å². The number of hydrogen-bond acceptors (Lipinski definition) is 9. The number of hydrogen-bond donors (Lipinski definition) is 0. The first-order valence-electron chi connectivity index (χ1n) is 10.8. The van der Waals surface area contributed by atoms with E-state index in [0.29, 0.717) is 61.8 Å². The summed E-state index contributed by atoms with van der Waals surface area (Å²) >= 11 is 0. The molecule has 2 aliphatic heterocycles. The molecule has 2 aromatic heterocycles. The Bertz CT molecular complexity index is 973. The van der Waals surface area contributed by atoms with E-state index in [4.69, 9.17) is 14.2 Å². The lowest BCUT2D eigenvalue weighted by Gasteiger charge is -2.37. The fourth-order valence-electron chi connectivity index (χ4n) is 3.77. The summed E-state index contributed by atoms with van der Waals surface area (Å²) in [5, 5.41) is 0. The highest BCUT2D eigenvalue weighted by molar-refractivity contribution is 5.98. The van der Waals surface area contributed by atoms with Crippen LogP contribution in [0, 0.1) is 11.8 Å². The number of methoxy groups -OCH3 is 1. The minimum atomic E-state index is -0.578. The molecule has 0 aromatic carbocycles. The highest BCUT2D eigenvalue weighted by atomic mass is 16.5. The van der Waals surface area contributed by atoms with Crippen molar-refractivity contribution in [1.29, 1.82) is 0 Å². The summed E-state index contributed by atoms with van der Waals surface area (Å²) < 4.78 is 16.2. The zero-order valence-corrected chi connectivity index (χ0v) is 17.8. The Morgan fingerprint density at radius 3 is 2.53 bits per heavy atom. The molecule has 168 valence electrons. The van der Waals surface area contributed by atoms with Gasteiger partial charge in [-0.25, -0.2) is 15.0 Å². The van der Waals surface area contributed by atoms with E-state index < -0.39 is 6.10 Å². The standard InChI is InChI=1S/C22H25N5O5/c1-30-21(29)15-11-26(12-15)22-24-8-16(9-25-22)27-7-6-18(20(27)28)32-17-4-5-19(23-10-17)31-13-14-2-3-14/h4-5,8-10,14-15,18H,2-3,6-7,11-13H2,1H3. The molecule has 0 N–H and O–H groups in total. The van der Waals surface area contributed by atoms with Gasteiger partial charge in [-0.1, -0.05) is 0 Å². The van der Waals surface area contributed by atoms with Gasteiger partial charge in [-0.15, -0.1) is 0 Å². The van der Waals surface area contributed by atoms with Crippen molar-refractivity contribution in [1.82, 2.24) is 15.0 Å². The molecule has 0 spiro atoms. The van der Waals surface area contributed by atoms with E-state index in [1.807, 2.05) is 4.90 Å². The lowest BCUT2D eigenvalue weighted by atomic mass is 10.0. The van der Waals surface area contributed by atoms with Crippen molar-refractivity contribution in [2.24, 2.45) is 11.8 Å². The molecule has 4 heterocycles. The summed E-state index contributed by atoms with van der Waals surface area (Å²) in [6.45, 7) is 2.29. The molecule has 1 saturated carbocycles. The molecule has 3 aliphatic rings.